The maximum absolute atomic E-state index is 12.1. The molecule has 1 heterocycles. The third kappa shape index (κ3) is 6.96. The summed E-state index contributed by atoms with van der Waals surface area (Å²) >= 11 is 6.39. The van der Waals surface area contributed by atoms with Crippen LogP contribution < -0.4 is 10.1 Å². The smallest absolute Gasteiger partial charge is 0.251 e. The van der Waals surface area contributed by atoms with Crippen molar-refractivity contribution >= 4 is 17.5 Å². The number of ether oxygens (including phenoxy) is 2. The van der Waals surface area contributed by atoms with Crippen molar-refractivity contribution < 1.29 is 14.3 Å². The Morgan fingerprint density at radius 1 is 1.19 bits per heavy atom. The van der Waals surface area contributed by atoms with Crippen LogP contribution in [-0.2, 0) is 11.2 Å². The van der Waals surface area contributed by atoms with Gasteiger partial charge in [-0.3, -0.25) is 4.79 Å². The first-order valence-corrected chi connectivity index (χ1v) is 11.4. The molecule has 3 rings (SSSR count). The highest BCUT2D eigenvalue weighted by molar-refractivity contribution is 6.32. The van der Waals surface area contributed by atoms with Crippen molar-refractivity contribution in [2.75, 3.05) is 33.4 Å². The van der Waals surface area contributed by atoms with Gasteiger partial charge >= 0.3 is 0 Å². The maximum atomic E-state index is 12.1. The lowest BCUT2D eigenvalue weighted by atomic mass is 10.0. The molecule has 1 N–H and O–H groups in total. The molecule has 5 nitrogen and oxygen atoms in total. The molecule has 1 amide bonds. The second kappa shape index (κ2) is 11.5. The summed E-state index contributed by atoms with van der Waals surface area (Å²) in [6.07, 6.45) is 3.13. The minimum absolute atomic E-state index is 0.140. The number of aryl methyl sites for hydroxylation is 1. The van der Waals surface area contributed by atoms with E-state index >= 15 is 0 Å². The Morgan fingerprint density at radius 2 is 1.90 bits per heavy atom. The Morgan fingerprint density at radius 3 is 2.55 bits per heavy atom. The van der Waals surface area contributed by atoms with Crippen LogP contribution in [0.5, 0.6) is 5.75 Å². The van der Waals surface area contributed by atoms with E-state index in [0.29, 0.717) is 35.5 Å². The lowest BCUT2D eigenvalue weighted by molar-refractivity contribution is 0.0799. The van der Waals surface area contributed by atoms with E-state index in [4.69, 9.17) is 21.1 Å². The summed E-state index contributed by atoms with van der Waals surface area (Å²) < 4.78 is 11.1. The van der Waals surface area contributed by atoms with Crippen molar-refractivity contribution in [1.82, 2.24) is 10.2 Å². The molecule has 2 aromatic rings. The highest BCUT2D eigenvalue weighted by Gasteiger charge is 2.24. The summed E-state index contributed by atoms with van der Waals surface area (Å²) in [5.41, 5.74) is 3.20. The van der Waals surface area contributed by atoms with Gasteiger partial charge in [0.25, 0.3) is 5.91 Å². The van der Waals surface area contributed by atoms with Gasteiger partial charge in [-0.25, -0.2) is 0 Å². The van der Waals surface area contributed by atoms with E-state index in [2.05, 4.69) is 48.3 Å². The third-order valence-electron chi connectivity index (χ3n) is 5.83. The first-order chi connectivity index (χ1) is 15.0. The Balaban J connectivity index is 1.47. The predicted molar refractivity (Wildman–Crippen MR) is 125 cm³/mol. The van der Waals surface area contributed by atoms with Crippen molar-refractivity contribution in [2.24, 2.45) is 0 Å². The highest BCUT2D eigenvalue weighted by Crippen LogP contribution is 2.29. The summed E-state index contributed by atoms with van der Waals surface area (Å²) in [6.45, 7) is 7.38. The summed E-state index contributed by atoms with van der Waals surface area (Å²) in [5, 5.41) is 3.26. The van der Waals surface area contributed by atoms with Gasteiger partial charge in [-0.05, 0) is 56.9 Å². The number of carbonyl (C=O) groups excluding carboxylic acids is 1. The Labute approximate surface area is 190 Å². The standard InChI is InChI=1S/C25H33ClN2O3/c1-18-4-6-20(7-5-18)16-19(2)28-13-10-22(11-14-28)31-24-9-8-21(17-23(24)26)25(29)27-12-15-30-3/h4-9,17,19,22H,10-16H2,1-3H3,(H,27,29). The van der Waals surface area contributed by atoms with Gasteiger partial charge in [-0.15, -0.1) is 0 Å². The van der Waals surface area contributed by atoms with E-state index in [1.54, 1.807) is 25.3 Å². The van der Waals surface area contributed by atoms with Crippen LogP contribution in [-0.4, -0.2) is 56.3 Å². The monoisotopic (exact) mass is 444 g/mol. The first kappa shape index (κ1) is 23.6. The van der Waals surface area contributed by atoms with Crippen LogP contribution in [0.3, 0.4) is 0 Å². The van der Waals surface area contributed by atoms with Gasteiger partial charge in [0, 0.05) is 38.3 Å². The first-order valence-electron chi connectivity index (χ1n) is 11.0. The molecule has 1 atom stereocenters. The van der Waals surface area contributed by atoms with E-state index in [1.165, 1.54) is 11.1 Å². The van der Waals surface area contributed by atoms with Gasteiger partial charge < -0.3 is 19.7 Å². The molecule has 0 bridgehead atoms. The van der Waals surface area contributed by atoms with Crippen molar-refractivity contribution in [3.05, 3.63) is 64.2 Å². The van der Waals surface area contributed by atoms with Crippen LogP contribution in [0.4, 0.5) is 0 Å². The average Bonchev–Trinajstić information content (AvgIpc) is 2.77. The number of rotatable bonds is 9. The molecular formula is C25H33ClN2O3. The normalized spacial score (nSPS) is 16.1. The number of amides is 1. The summed E-state index contributed by atoms with van der Waals surface area (Å²) in [6, 6.07) is 14.5. The quantitative estimate of drug-likeness (QED) is 0.578. The minimum atomic E-state index is -0.165. The van der Waals surface area contributed by atoms with Crippen LogP contribution in [0.2, 0.25) is 5.02 Å². The zero-order chi connectivity index (χ0) is 22.2. The lowest BCUT2D eigenvalue weighted by Gasteiger charge is -2.36. The van der Waals surface area contributed by atoms with Gasteiger partial charge in [0.05, 0.1) is 11.6 Å². The number of halogens is 1. The van der Waals surface area contributed by atoms with Crippen molar-refractivity contribution in [1.29, 1.82) is 0 Å². The van der Waals surface area contributed by atoms with Crippen molar-refractivity contribution in [2.45, 2.75) is 45.3 Å². The molecule has 168 valence electrons. The summed E-state index contributed by atoms with van der Waals surface area (Å²) in [7, 11) is 1.60. The summed E-state index contributed by atoms with van der Waals surface area (Å²) in [5.74, 6) is 0.475. The number of nitrogens with zero attached hydrogens (tertiary/aromatic N) is 1. The predicted octanol–water partition coefficient (Wildman–Crippen LogP) is 4.50. The topological polar surface area (TPSA) is 50.8 Å². The van der Waals surface area contributed by atoms with Crippen LogP contribution in [0.15, 0.2) is 42.5 Å². The van der Waals surface area contributed by atoms with Crippen LogP contribution in [0.1, 0.15) is 41.3 Å². The number of carbonyl (C=O) groups is 1. The number of nitrogens with one attached hydrogen (secondary N) is 1. The highest BCUT2D eigenvalue weighted by atomic mass is 35.5. The van der Waals surface area contributed by atoms with E-state index in [0.717, 1.165) is 32.4 Å². The number of piperidine rings is 1. The maximum Gasteiger partial charge on any atom is 0.251 e. The van der Waals surface area contributed by atoms with E-state index < -0.39 is 0 Å². The molecule has 1 unspecified atom stereocenters. The van der Waals surface area contributed by atoms with Gasteiger partial charge in [0.1, 0.15) is 11.9 Å². The van der Waals surface area contributed by atoms with Gasteiger partial charge in [-0.2, -0.15) is 0 Å². The van der Waals surface area contributed by atoms with Crippen molar-refractivity contribution in [3.63, 3.8) is 0 Å². The van der Waals surface area contributed by atoms with E-state index in [9.17, 15) is 4.79 Å². The number of benzene rings is 2. The number of methoxy groups -OCH3 is 1. The fourth-order valence-corrected chi connectivity index (χ4v) is 4.14. The largest absolute Gasteiger partial charge is 0.489 e. The second-order valence-electron chi connectivity index (χ2n) is 8.29. The zero-order valence-corrected chi connectivity index (χ0v) is 19.5. The average molecular weight is 445 g/mol. The second-order valence-corrected chi connectivity index (χ2v) is 8.69. The molecule has 0 aliphatic carbocycles. The van der Waals surface area contributed by atoms with E-state index in [1.807, 2.05) is 0 Å². The van der Waals surface area contributed by atoms with Gasteiger partial charge in [0.15, 0.2) is 0 Å². The molecule has 2 aromatic carbocycles. The minimum Gasteiger partial charge on any atom is -0.489 e. The van der Waals surface area contributed by atoms with Crippen LogP contribution >= 0.6 is 11.6 Å². The van der Waals surface area contributed by atoms with Crippen molar-refractivity contribution in [3.8, 4) is 5.75 Å². The van der Waals surface area contributed by atoms with E-state index in [-0.39, 0.29) is 12.0 Å². The molecule has 0 saturated carbocycles. The zero-order valence-electron chi connectivity index (χ0n) is 18.7. The SMILES string of the molecule is COCCNC(=O)c1ccc(OC2CCN(C(C)Cc3ccc(C)cc3)CC2)c(Cl)c1. The Bertz CT molecular complexity index is 848. The molecule has 31 heavy (non-hydrogen) atoms. The van der Waals surface area contributed by atoms with Crippen LogP contribution in [0, 0.1) is 6.92 Å². The molecule has 1 aliphatic rings. The number of likely N-dealkylation sites (tertiary alicyclic amines) is 1. The number of hydrogen-bond donors (Lipinski definition) is 1. The Hall–Kier alpha value is -2.08. The fraction of sp³-hybridized carbons (Fsp3) is 0.480. The van der Waals surface area contributed by atoms with Gasteiger partial charge in [-0.1, -0.05) is 41.4 Å². The van der Waals surface area contributed by atoms with Gasteiger partial charge in [0.2, 0.25) is 0 Å². The van der Waals surface area contributed by atoms with Crippen LogP contribution in [0.25, 0.3) is 0 Å². The fourth-order valence-electron chi connectivity index (χ4n) is 3.91. The molecule has 1 fully saturated rings. The Kier molecular flexibility index (Phi) is 8.76. The third-order valence-corrected chi connectivity index (χ3v) is 6.13. The lowest BCUT2D eigenvalue weighted by Crippen LogP contribution is -2.43. The molecule has 1 saturated heterocycles. The summed E-state index contributed by atoms with van der Waals surface area (Å²) in [4.78, 5) is 14.7. The molecular weight excluding hydrogens is 412 g/mol. The molecule has 0 radical (unpaired) electrons. The molecule has 6 heteroatoms. The molecule has 0 aromatic heterocycles. The number of hydrogen-bond acceptors (Lipinski definition) is 4. The molecule has 0 spiro atoms. The molecule has 1 aliphatic heterocycles.